The molecule has 0 saturated heterocycles. The number of halogens is 3. The Bertz CT molecular complexity index is 1190. The fourth-order valence-electron chi connectivity index (χ4n) is 3.05. The molecular weight excluding hydrogens is 386 g/mol. The van der Waals surface area contributed by atoms with Crippen LogP contribution in [0, 0.1) is 0 Å². The van der Waals surface area contributed by atoms with Crippen molar-refractivity contribution in [1.82, 2.24) is 14.5 Å². The molecule has 8 heteroatoms. The Morgan fingerprint density at radius 3 is 2.82 bits per heavy atom. The second kappa shape index (κ2) is 7.52. The standard InChI is InChI=1S/C20H15ClF2N4O/c1-12(19-25-16-6-2-3-7-17(16)27(19)20(22)23)26-28-11-14-15(21)9-8-13-5-4-10-24-18(13)14/h2-10,20H,11H2,1H3/b26-12-. The molecule has 142 valence electrons. The van der Waals surface area contributed by atoms with Gasteiger partial charge in [-0.05, 0) is 31.2 Å². The highest BCUT2D eigenvalue weighted by atomic mass is 35.5. The predicted octanol–water partition coefficient (Wildman–Crippen LogP) is 5.57. The fraction of sp³-hybridized carbons (Fsp3) is 0.150. The molecule has 28 heavy (non-hydrogen) atoms. The van der Waals surface area contributed by atoms with Gasteiger partial charge in [0, 0.05) is 22.2 Å². The zero-order valence-corrected chi connectivity index (χ0v) is 15.6. The molecule has 0 aliphatic heterocycles. The van der Waals surface area contributed by atoms with Crippen LogP contribution in [0.3, 0.4) is 0 Å². The van der Waals surface area contributed by atoms with Gasteiger partial charge < -0.3 is 4.84 Å². The van der Waals surface area contributed by atoms with Crippen molar-refractivity contribution in [3.63, 3.8) is 0 Å². The monoisotopic (exact) mass is 400 g/mol. The van der Waals surface area contributed by atoms with Gasteiger partial charge in [-0.3, -0.25) is 9.55 Å². The first-order valence-corrected chi connectivity index (χ1v) is 8.88. The van der Waals surface area contributed by atoms with Gasteiger partial charge in [0.05, 0.1) is 16.6 Å². The largest absolute Gasteiger partial charge is 0.390 e. The SMILES string of the molecule is C/C(=N/OCc1c(Cl)ccc2cccnc12)c1nc2ccccc2n1C(F)F. The van der Waals surface area contributed by atoms with Crippen molar-refractivity contribution in [1.29, 1.82) is 0 Å². The van der Waals surface area contributed by atoms with E-state index in [9.17, 15) is 8.78 Å². The van der Waals surface area contributed by atoms with Gasteiger partial charge in [0.15, 0.2) is 5.82 Å². The number of pyridine rings is 1. The van der Waals surface area contributed by atoms with Gasteiger partial charge in [0.1, 0.15) is 12.3 Å². The molecule has 0 N–H and O–H groups in total. The molecule has 0 radical (unpaired) electrons. The highest BCUT2D eigenvalue weighted by molar-refractivity contribution is 6.32. The summed E-state index contributed by atoms with van der Waals surface area (Å²) in [6, 6.07) is 14.1. The lowest BCUT2D eigenvalue weighted by molar-refractivity contribution is 0.0736. The van der Waals surface area contributed by atoms with E-state index < -0.39 is 6.55 Å². The summed E-state index contributed by atoms with van der Waals surface area (Å²) in [5, 5.41) is 5.41. The number of rotatable bonds is 5. The van der Waals surface area contributed by atoms with Gasteiger partial charge in [-0.25, -0.2) is 4.98 Å². The zero-order chi connectivity index (χ0) is 19.7. The van der Waals surface area contributed by atoms with Gasteiger partial charge >= 0.3 is 6.55 Å². The second-order valence-corrected chi connectivity index (χ2v) is 6.53. The first-order valence-electron chi connectivity index (χ1n) is 8.50. The molecule has 2 aromatic carbocycles. The lowest BCUT2D eigenvalue weighted by atomic mass is 10.1. The first kappa shape index (κ1) is 18.3. The third-order valence-corrected chi connectivity index (χ3v) is 4.70. The van der Waals surface area contributed by atoms with Gasteiger partial charge in [-0.1, -0.05) is 41.0 Å². The van der Waals surface area contributed by atoms with E-state index in [0.717, 1.165) is 9.95 Å². The number of benzene rings is 2. The van der Waals surface area contributed by atoms with Crippen LogP contribution < -0.4 is 0 Å². The number of hydrogen-bond acceptors (Lipinski definition) is 4. The van der Waals surface area contributed by atoms with E-state index in [2.05, 4.69) is 15.1 Å². The second-order valence-electron chi connectivity index (χ2n) is 6.12. The Morgan fingerprint density at radius 1 is 1.18 bits per heavy atom. The van der Waals surface area contributed by atoms with Crippen molar-refractivity contribution in [2.45, 2.75) is 20.1 Å². The molecule has 4 aromatic rings. The van der Waals surface area contributed by atoms with Crippen LogP contribution in [-0.2, 0) is 11.4 Å². The minimum Gasteiger partial charge on any atom is -0.390 e. The maximum atomic E-state index is 13.6. The number of aromatic nitrogens is 3. The summed E-state index contributed by atoms with van der Waals surface area (Å²) < 4.78 is 28.0. The molecule has 0 aliphatic carbocycles. The van der Waals surface area contributed by atoms with Gasteiger partial charge in [-0.15, -0.1) is 0 Å². The van der Waals surface area contributed by atoms with E-state index in [0.29, 0.717) is 27.1 Å². The number of hydrogen-bond donors (Lipinski definition) is 0. The maximum absolute atomic E-state index is 13.6. The third kappa shape index (κ3) is 3.29. The van der Waals surface area contributed by atoms with Crippen molar-refractivity contribution >= 4 is 39.2 Å². The number of imidazole rings is 1. The summed E-state index contributed by atoms with van der Waals surface area (Å²) in [5.74, 6) is 0.0540. The minimum atomic E-state index is -2.75. The number of para-hydroxylation sites is 2. The van der Waals surface area contributed by atoms with Crippen LogP contribution in [0.1, 0.15) is 24.9 Å². The number of oxime groups is 1. The van der Waals surface area contributed by atoms with E-state index in [4.69, 9.17) is 16.4 Å². The van der Waals surface area contributed by atoms with Crippen molar-refractivity contribution in [2.75, 3.05) is 0 Å². The van der Waals surface area contributed by atoms with Crippen molar-refractivity contribution < 1.29 is 13.6 Å². The van der Waals surface area contributed by atoms with Crippen LogP contribution in [0.4, 0.5) is 8.78 Å². The summed E-state index contributed by atoms with van der Waals surface area (Å²) in [4.78, 5) is 14.0. The van der Waals surface area contributed by atoms with Crippen LogP contribution in [0.15, 0.2) is 59.9 Å². The van der Waals surface area contributed by atoms with Crippen LogP contribution in [0.5, 0.6) is 0 Å². The molecule has 0 saturated carbocycles. The molecule has 0 fully saturated rings. The van der Waals surface area contributed by atoms with Crippen molar-refractivity contribution in [3.8, 4) is 0 Å². The molecule has 2 aromatic heterocycles. The number of alkyl halides is 2. The van der Waals surface area contributed by atoms with Gasteiger partial charge in [0.25, 0.3) is 0 Å². The summed E-state index contributed by atoms with van der Waals surface area (Å²) in [6.07, 6.45) is 1.67. The Morgan fingerprint density at radius 2 is 2.00 bits per heavy atom. The minimum absolute atomic E-state index is 0.0540. The predicted molar refractivity (Wildman–Crippen MR) is 105 cm³/mol. The maximum Gasteiger partial charge on any atom is 0.320 e. The molecule has 4 rings (SSSR count). The Hall–Kier alpha value is -3.06. The highest BCUT2D eigenvalue weighted by Gasteiger charge is 2.19. The number of nitrogens with zero attached hydrogens (tertiary/aromatic N) is 4. The van der Waals surface area contributed by atoms with E-state index in [1.165, 1.54) is 0 Å². The van der Waals surface area contributed by atoms with Crippen molar-refractivity contribution in [2.24, 2.45) is 5.16 Å². The van der Waals surface area contributed by atoms with E-state index in [1.54, 1.807) is 43.5 Å². The van der Waals surface area contributed by atoms with Gasteiger partial charge in [-0.2, -0.15) is 8.78 Å². The lowest BCUT2D eigenvalue weighted by Gasteiger charge is -2.09. The van der Waals surface area contributed by atoms with E-state index in [-0.39, 0.29) is 18.1 Å². The average molecular weight is 401 g/mol. The normalized spacial score (nSPS) is 12.2. The molecular formula is C20H15ClF2N4O. The van der Waals surface area contributed by atoms with Crippen LogP contribution >= 0.6 is 11.6 Å². The Labute approximate surface area is 164 Å². The fourth-order valence-corrected chi connectivity index (χ4v) is 3.26. The van der Waals surface area contributed by atoms with Crippen LogP contribution in [0.25, 0.3) is 21.9 Å². The molecule has 5 nitrogen and oxygen atoms in total. The number of fused-ring (bicyclic) bond motifs is 2. The average Bonchev–Trinajstić information content (AvgIpc) is 3.09. The zero-order valence-electron chi connectivity index (χ0n) is 14.8. The summed E-state index contributed by atoms with van der Waals surface area (Å²) >= 11 is 6.27. The molecule has 2 heterocycles. The Balaban J connectivity index is 1.64. The van der Waals surface area contributed by atoms with Crippen LogP contribution in [-0.4, -0.2) is 20.2 Å². The summed E-state index contributed by atoms with van der Waals surface area (Å²) in [7, 11) is 0. The quantitative estimate of drug-likeness (QED) is 0.325. The molecule has 0 aliphatic rings. The van der Waals surface area contributed by atoms with Crippen molar-refractivity contribution in [3.05, 3.63) is 71.1 Å². The smallest absolute Gasteiger partial charge is 0.320 e. The third-order valence-electron chi connectivity index (χ3n) is 4.35. The van der Waals surface area contributed by atoms with E-state index in [1.807, 2.05) is 18.2 Å². The van der Waals surface area contributed by atoms with E-state index >= 15 is 0 Å². The summed E-state index contributed by atoms with van der Waals surface area (Å²) in [5.41, 5.74) is 2.43. The molecule has 0 bridgehead atoms. The molecule has 0 spiro atoms. The first-order chi connectivity index (χ1) is 13.6. The van der Waals surface area contributed by atoms with Crippen LogP contribution in [0.2, 0.25) is 5.02 Å². The summed E-state index contributed by atoms with van der Waals surface area (Å²) in [6.45, 7) is -1.12. The molecule has 0 atom stereocenters. The molecule has 0 unspecified atom stereocenters. The topological polar surface area (TPSA) is 52.3 Å². The Kier molecular flexibility index (Phi) is 4.92. The lowest BCUT2D eigenvalue weighted by Crippen LogP contribution is -2.10. The highest BCUT2D eigenvalue weighted by Crippen LogP contribution is 2.26. The molecule has 0 amide bonds. The van der Waals surface area contributed by atoms with Gasteiger partial charge in [0.2, 0.25) is 0 Å².